The van der Waals surface area contributed by atoms with E-state index in [0.717, 1.165) is 43.1 Å². The number of aliphatic hydroxyl groups excluding tert-OH is 1. The molecule has 0 aromatic carbocycles. The molecule has 0 bridgehead atoms. The number of epoxide rings is 1. The van der Waals surface area contributed by atoms with Gasteiger partial charge in [-0.05, 0) is 93.3 Å². The molecule has 0 aromatic heterocycles. The molecule has 5 fully saturated rings. The van der Waals surface area contributed by atoms with Gasteiger partial charge in [0, 0.05) is 5.41 Å². The fourth-order valence-electron chi connectivity index (χ4n) is 8.39. The Bertz CT molecular complexity index is 498. The average molecular weight is 319 g/mol. The SMILES string of the molecule is CC[C@]12CC[C@@H](O)C[C@@H]1CC[C@@H]1[C@@H]2CC[C@@]2(C)[C@H]1CC[C@@]21CO1. The van der Waals surface area contributed by atoms with Gasteiger partial charge in [-0.3, -0.25) is 0 Å². The van der Waals surface area contributed by atoms with Crippen molar-refractivity contribution in [1.29, 1.82) is 0 Å². The summed E-state index contributed by atoms with van der Waals surface area (Å²) < 4.78 is 6.05. The lowest BCUT2D eigenvalue weighted by molar-refractivity contribution is -0.138. The minimum atomic E-state index is -0.0142. The summed E-state index contributed by atoms with van der Waals surface area (Å²) in [4.78, 5) is 0. The van der Waals surface area contributed by atoms with Crippen molar-refractivity contribution in [3.05, 3.63) is 0 Å². The Kier molecular flexibility index (Phi) is 3.14. The molecule has 0 amide bonds. The molecule has 0 aromatic rings. The molecule has 1 spiro atoms. The monoisotopic (exact) mass is 318 g/mol. The molecule has 4 saturated carbocycles. The molecule has 2 nitrogen and oxygen atoms in total. The highest BCUT2D eigenvalue weighted by molar-refractivity contribution is 5.18. The summed E-state index contributed by atoms with van der Waals surface area (Å²) in [6, 6.07) is 0. The second-order valence-corrected chi connectivity index (χ2v) is 9.94. The first-order valence-corrected chi connectivity index (χ1v) is 10.4. The largest absolute Gasteiger partial charge is 0.393 e. The number of fused-ring (bicyclic) bond motifs is 6. The van der Waals surface area contributed by atoms with Crippen LogP contribution < -0.4 is 0 Å². The standard InChI is InChI=1S/C21H34O2/c1-3-20-10-6-15(22)12-14(20)4-5-16-17-8-11-21(13-23-21)19(17,2)9-7-18(16)20/h14-18,22H,3-13H2,1-2H3/t14-,15+,16-,17-,18-,19-,20-,21+/m0/s1. The van der Waals surface area contributed by atoms with Crippen molar-refractivity contribution in [1.82, 2.24) is 0 Å². The van der Waals surface area contributed by atoms with Gasteiger partial charge >= 0.3 is 0 Å². The lowest BCUT2D eigenvalue weighted by Gasteiger charge is -2.61. The van der Waals surface area contributed by atoms with E-state index in [1.165, 1.54) is 51.4 Å². The van der Waals surface area contributed by atoms with Crippen LogP contribution in [-0.4, -0.2) is 23.4 Å². The van der Waals surface area contributed by atoms with Gasteiger partial charge < -0.3 is 9.84 Å². The maximum absolute atomic E-state index is 10.2. The molecule has 0 unspecified atom stereocenters. The van der Waals surface area contributed by atoms with Crippen molar-refractivity contribution in [2.24, 2.45) is 34.5 Å². The van der Waals surface area contributed by atoms with Crippen LogP contribution in [0.2, 0.25) is 0 Å². The second-order valence-electron chi connectivity index (χ2n) is 9.94. The molecule has 23 heavy (non-hydrogen) atoms. The fraction of sp³-hybridized carbons (Fsp3) is 1.00. The zero-order chi connectivity index (χ0) is 15.9. The van der Waals surface area contributed by atoms with Crippen LogP contribution in [0.3, 0.4) is 0 Å². The molecule has 8 atom stereocenters. The Morgan fingerprint density at radius 3 is 2.52 bits per heavy atom. The van der Waals surface area contributed by atoms with Crippen LogP contribution in [0.15, 0.2) is 0 Å². The maximum atomic E-state index is 10.2. The van der Waals surface area contributed by atoms with Crippen LogP contribution in [0.25, 0.3) is 0 Å². The number of ether oxygens (including phenoxy) is 1. The highest BCUT2D eigenvalue weighted by atomic mass is 16.6. The lowest BCUT2D eigenvalue weighted by Crippen LogP contribution is -2.55. The molecular weight excluding hydrogens is 284 g/mol. The van der Waals surface area contributed by atoms with E-state index in [1.54, 1.807) is 0 Å². The first-order chi connectivity index (χ1) is 11.0. The number of aliphatic hydroxyl groups is 1. The predicted octanol–water partition coefficient (Wildman–Crippen LogP) is 4.55. The van der Waals surface area contributed by atoms with Crippen LogP contribution in [0, 0.1) is 34.5 Å². The summed E-state index contributed by atoms with van der Waals surface area (Å²) in [5, 5.41) is 10.2. The molecule has 5 rings (SSSR count). The topological polar surface area (TPSA) is 32.8 Å². The van der Waals surface area contributed by atoms with Crippen molar-refractivity contribution in [2.45, 2.75) is 89.8 Å². The van der Waals surface area contributed by atoms with E-state index in [1.807, 2.05) is 0 Å². The number of hydrogen-bond donors (Lipinski definition) is 1. The first-order valence-electron chi connectivity index (χ1n) is 10.4. The smallest absolute Gasteiger partial charge is 0.0972 e. The van der Waals surface area contributed by atoms with E-state index in [0.29, 0.717) is 16.4 Å². The molecule has 1 heterocycles. The quantitative estimate of drug-likeness (QED) is 0.719. The lowest BCUT2D eigenvalue weighted by atomic mass is 9.43. The number of hydrogen-bond acceptors (Lipinski definition) is 2. The highest BCUT2D eigenvalue weighted by Gasteiger charge is 2.70. The average Bonchev–Trinajstić information content (AvgIpc) is 3.28. The van der Waals surface area contributed by atoms with Gasteiger partial charge in [-0.2, -0.15) is 0 Å². The van der Waals surface area contributed by atoms with Crippen molar-refractivity contribution >= 4 is 0 Å². The van der Waals surface area contributed by atoms with Gasteiger partial charge in [-0.25, -0.2) is 0 Å². The van der Waals surface area contributed by atoms with Crippen molar-refractivity contribution in [3.8, 4) is 0 Å². The molecule has 1 saturated heterocycles. The maximum Gasteiger partial charge on any atom is 0.0972 e. The zero-order valence-corrected chi connectivity index (χ0v) is 15.0. The zero-order valence-electron chi connectivity index (χ0n) is 15.0. The predicted molar refractivity (Wildman–Crippen MR) is 91.0 cm³/mol. The Labute approximate surface area is 141 Å². The molecule has 130 valence electrons. The van der Waals surface area contributed by atoms with Crippen molar-refractivity contribution in [3.63, 3.8) is 0 Å². The van der Waals surface area contributed by atoms with E-state index in [4.69, 9.17) is 4.74 Å². The summed E-state index contributed by atoms with van der Waals surface area (Å²) in [7, 11) is 0. The van der Waals surface area contributed by atoms with Gasteiger partial charge in [-0.1, -0.05) is 13.8 Å². The Hall–Kier alpha value is -0.0800. The molecular formula is C21H34O2. The van der Waals surface area contributed by atoms with E-state index in [-0.39, 0.29) is 6.10 Å². The van der Waals surface area contributed by atoms with Crippen LogP contribution in [0.5, 0.6) is 0 Å². The fourth-order valence-corrected chi connectivity index (χ4v) is 8.39. The molecule has 5 aliphatic rings. The minimum Gasteiger partial charge on any atom is -0.393 e. The van der Waals surface area contributed by atoms with Crippen molar-refractivity contribution in [2.75, 3.05) is 6.61 Å². The Morgan fingerprint density at radius 1 is 1.00 bits per heavy atom. The summed E-state index contributed by atoms with van der Waals surface area (Å²) in [6.45, 7) is 6.06. The van der Waals surface area contributed by atoms with Crippen molar-refractivity contribution < 1.29 is 9.84 Å². The summed E-state index contributed by atoms with van der Waals surface area (Å²) >= 11 is 0. The third-order valence-corrected chi connectivity index (χ3v) is 9.78. The summed E-state index contributed by atoms with van der Waals surface area (Å²) in [5.74, 6) is 3.60. The summed E-state index contributed by atoms with van der Waals surface area (Å²) in [5.41, 5.74) is 1.33. The molecule has 0 radical (unpaired) electrons. The normalized spacial score (nSPS) is 60.9. The number of rotatable bonds is 1. The van der Waals surface area contributed by atoms with Gasteiger partial charge in [0.15, 0.2) is 0 Å². The van der Waals surface area contributed by atoms with Gasteiger partial charge in [0.2, 0.25) is 0 Å². The van der Waals surface area contributed by atoms with Gasteiger partial charge in [-0.15, -0.1) is 0 Å². The van der Waals surface area contributed by atoms with Crippen LogP contribution in [0.1, 0.15) is 78.1 Å². The highest BCUT2D eigenvalue weighted by Crippen LogP contribution is 2.71. The molecule has 1 N–H and O–H groups in total. The van der Waals surface area contributed by atoms with Gasteiger partial charge in [0.25, 0.3) is 0 Å². The van der Waals surface area contributed by atoms with Crippen LogP contribution in [-0.2, 0) is 4.74 Å². The summed E-state index contributed by atoms with van der Waals surface area (Å²) in [6.07, 6.45) is 13.2. The third-order valence-electron chi connectivity index (χ3n) is 9.78. The first kappa shape index (κ1) is 15.2. The van der Waals surface area contributed by atoms with Gasteiger partial charge in [0.1, 0.15) is 0 Å². The van der Waals surface area contributed by atoms with E-state index in [2.05, 4.69) is 13.8 Å². The Balaban J connectivity index is 1.48. The van der Waals surface area contributed by atoms with E-state index in [9.17, 15) is 5.11 Å². The van der Waals surface area contributed by atoms with Crippen LogP contribution in [0.4, 0.5) is 0 Å². The van der Waals surface area contributed by atoms with Gasteiger partial charge in [0.05, 0.1) is 18.3 Å². The second kappa shape index (κ2) is 4.75. The van der Waals surface area contributed by atoms with Crippen LogP contribution >= 0.6 is 0 Å². The third kappa shape index (κ3) is 1.78. The minimum absolute atomic E-state index is 0.0142. The molecule has 4 aliphatic carbocycles. The Morgan fingerprint density at radius 2 is 1.78 bits per heavy atom. The van der Waals surface area contributed by atoms with E-state index < -0.39 is 0 Å². The molecule has 1 aliphatic heterocycles. The van der Waals surface area contributed by atoms with E-state index >= 15 is 0 Å². The molecule has 2 heteroatoms.